The summed E-state index contributed by atoms with van der Waals surface area (Å²) >= 11 is 7.01. The van der Waals surface area contributed by atoms with Crippen molar-refractivity contribution in [1.29, 1.82) is 0 Å². The molecular formula is C32H33ClF3N5O6S. The molecule has 1 aromatic heterocycles. The highest BCUT2D eigenvalue weighted by Gasteiger charge is 2.31. The minimum atomic E-state index is -4.61. The molecule has 0 aliphatic rings. The van der Waals surface area contributed by atoms with E-state index < -0.39 is 23.6 Å². The summed E-state index contributed by atoms with van der Waals surface area (Å²) in [7, 11) is 1.49. The van der Waals surface area contributed by atoms with Crippen LogP contribution >= 0.6 is 23.4 Å². The standard InChI is InChI=1S/C32H33ClF3N5O6S/c1-5-45-25-14-19(15-26(46-6-2)29(25)47-7-3)30(43)37-17-27-39-40-31(41(27)23-10-8-9-11-24(23)44-4)48-18-28(42)38-22-16-20(32(34,35)36)12-13-21(22)33/h8-16H,5-7,17-18H2,1-4H3,(H,37,43)(H,38,42). The Labute approximate surface area is 284 Å². The van der Waals surface area contributed by atoms with Crippen molar-refractivity contribution in [1.82, 2.24) is 20.1 Å². The minimum absolute atomic E-state index is 0.0501. The highest BCUT2D eigenvalue weighted by molar-refractivity contribution is 7.99. The van der Waals surface area contributed by atoms with Crippen molar-refractivity contribution in [3.8, 4) is 28.7 Å². The molecule has 3 aromatic carbocycles. The number of anilines is 1. The molecule has 16 heteroatoms. The van der Waals surface area contributed by atoms with Gasteiger partial charge in [0.1, 0.15) is 5.75 Å². The van der Waals surface area contributed by atoms with Gasteiger partial charge in [0.2, 0.25) is 11.7 Å². The van der Waals surface area contributed by atoms with Gasteiger partial charge in [-0.1, -0.05) is 35.5 Å². The molecule has 0 bridgehead atoms. The number of halogens is 4. The summed E-state index contributed by atoms with van der Waals surface area (Å²) in [5.41, 5.74) is -0.350. The third-order valence-electron chi connectivity index (χ3n) is 6.50. The molecule has 0 aliphatic carbocycles. The van der Waals surface area contributed by atoms with Gasteiger partial charge < -0.3 is 29.6 Å². The normalized spacial score (nSPS) is 11.2. The molecule has 0 radical (unpaired) electrons. The first-order valence-electron chi connectivity index (χ1n) is 14.7. The fourth-order valence-electron chi connectivity index (χ4n) is 4.46. The van der Waals surface area contributed by atoms with E-state index in [2.05, 4.69) is 20.8 Å². The summed E-state index contributed by atoms with van der Waals surface area (Å²) in [6.07, 6.45) is -4.61. The zero-order valence-corrected chi connectivity index (χ0v) is 28.0. The van der Waals surface area contributed by atoms with Crippen LogP contribution in [0.25, 0.3) is 5.69 Å². The van der Waals surface area contributed by atoms with Crippen molar-refractivity contribution in [2.75, 3.05) is 38.0 Å². The topological polar surface area (TPSA) is 126 Å². The van der Waals surface area contributed by atoms with Crippen LogP contribution in [0.2, 0.25) is 5.02 Å². The smallest absolute Gasteiger partial charge is 0.416 e. The molecule has 1 heterocycles. The Kier molecular flexibility index (Phi) is 12.4. The van der Waals surface area contributed by atoms with Crippen LogP contribution in [0.3, 0.4) is 0 Å². The molecule has 2 N–H and O–H groups in total. The number of amides is 2. The maximum Gasteiger partial charge on any atom is 0.416 e. The maximum atomic E-state index is 13.4. The number of para-hydroxylation sites is 2. The van der Waals surface area contributed by atoms with E-state index >= 15 is 0 Å². The van der Waals surface area contributed by atoms with Crippen LogP contribution < -0.4 is 29.6 Å². The molecular weight excluding hydrogens is 675 g/mol. The summed E-state index contributed by atoms with van der Waals surface area (Å²) in [5, 5.41) is 13.9. The lowest BCUT2D eigenvalue weighted by Crippen LogP contribution is -2.25. The first-order chi connectivity index (χ1) is 23.0. The number of hydrogen-bond acceptors (Lipinski definition) is 9. The number of ether oxygens (including phenoxy) is 4. The Balaban J connectivity index is 1.58. The molecule has 4 rings (SSSR count). The zero-order valence-electron chi connectivity index (χ0n) is 26.4. The van der Waals surface area contributed by atoms with Crippen molar-refractivity contribution in [2.45, 2.75) is 38.6 Å². The second-order valence-corrected chi connectivity index (χ2v) is 11.1. The summed E-state index contributed by atoms with van der Waals surface area (Å²) in [5.74, 6) is 0.539. The number of carbonyl (C=O) groups excluding carboxylic acids is 2. The van der Waals surface area contributed by atoms with Crippen molar-refractivity contribution in [2.24, 2.45) is 0 Å². The monoisotopic (exact) mass is 707 g/mol. The van der Waals surface area contributed by atoms with Gasteiger partial charge in [-0.2, -0.15) is 13.2 Å². The predicted molar refractivity (Wildman–Crippen MR) is 175 cm³/mol. The zero-order chi connectivity index (χ0) is 34.8. The van der Waals surface area contributed by atoms with Crippen molar-refractivity contribution < 1.29 is 41.7 Å². The van der Waals surface area contributed by atoms with Gasteiger partial charge in [0.25, 0.3) is 5.91 Å². The number of aromatic nitrogens is 3. The third kappa shape index (κ3) is 8.83. The third-order valence-corrected chi connectivity index (χ3v) is 7.76. The minimum Gasteiger partial charge on any atom is -0.495 e. The first kappa shape index (κ1) is 36.2. The van der Waals surface area contributed by atoms with Crippen LogP contribution in [0.15, 0.2) is 59.8 Å². The van der Waals surface area contributed by atoms with Gasteiger partial charge >= 0.3 is 6.18 Å². The lowest BCUT2D eigenvalue weighted by Gasteiger charge is -2.17. The molecule has 256 valence electrons. The van der Waals surface area contributed by atoms with E-state index in [0.717, 1.165) is 30.0 Å². The van der Waals surface area contributed by atoms with Gasteiger partial charge in [-0.3, -0.25) is 14.2 Å². The molecule has 0 saturated carbocycles. The van der Waals surface area contributed by atoms with Gasteiger partial charge in [-0.05, 0) is 63.2 Å². The lowest BCUT2D eigenvalue weighted by molar-refractivity contribution is -0.137. The average molecular weight is 708 g/mol. The predicted octanol–water partition coefficient (Wildman–Crippen LogP) is 6.81. The number of nitrogens with one attached hydrogen (secondary N) is 2. The molecule has 0 aliphatic heterocycles. The summed E-state index contributed by atoms with van der Waals surface area (Å²) in [6, 6.07) is 12.8. The van der Waals surface area contributed by atoms with Gasteiger partial charge in [-0.15, -0.1) is 10.2 Å². The van der Waals surface area contributed by atoms with Crippen LogP contribution in [0.1, 0.15) is 42.5 Å². The highest BCUT2D eigenvalue weighted by atomic mass is 35.5. The van der Waals surface area contributed by atoms with Crippen LogP contribution in [0.4, 0.5) is 18.9 Å². The van der Waals surface area contributed by atoms with E-state index in [-0.39, 0.29) is 33.7 Å². The summed E-state index contributed by atoms with van der Waals surface area (Å²) < 4.78 is 63.9. The van der Waals surface area contributed by atoms with Crippen molar-refractivity contribution in [3.05, 3.63) is 76.6 Å². The van der Waals surface area contributed by atoms with Crippen LogP contribution in [-0.4, -0.2) is 59.3 Å². The fraction of sp³-hybridized carbons (Fsp3) is 0.312. The van der Waals surface area contributed by atoms with Crippen LogP contribution in [0.5, 0.6) is 23.0 Å². The van der Waals surface area contributed by atoms with E-state index in [4.69, 9.17) is 30.5 Å². The number of hydrogen-bond donors (Lipinski definition) is 2. The summed E-state index contributed by atoms with van der Waals surface area (Å²) in [4.78, 5) is 26.2. The largest absolute Gasteiger partial charge is 0.495 e. The molecule has 0 fully saturated rings. The number of methoxy groups -OCH3 is 1. The lowest BCUT2D eigenvalue weighted by atomic mass is 10.1. The Bertz CT molecular complexity index is 1730. The quantitative estimate of drug-likeness (QED) is 0.128. The van der Waals surface area contributed by atoms with Gasteiger partial charge in [-0.25, -0.2) is 0 Å². The number of rotatable bonds is 15. The number of nitrogens with zero attached hydrogens (tertiary/aromatic N) is 3. The number of carbonyl (C=O) groups is 2. The van der Waals surface area contributed by atoms with Crippen molar-refractivity contribution >= 4 is 40.9 Å². The highest BCUT2D eigenvalue weighted by Crippen LogP contribution is 2.39. The van der Waals surface area contributed by atoms with E-state index in [9.17, 15) is 22.8 Å². The fourth-order valence-corrected chi connectivity index (χ4v) is 5.39. The Morgan fingerprint density at radius 3 is 2.21 bits per heavy atom. The molecule has 0 unspecified atom stereocenters. The molecule has 11 nitrogen and oxygen atoms in total. The number of thioether (sulfide) groups is 1. The van der Waals surface area contributed by atoms with Gasteiger partial charge in [0.15, 0.2) is 22.5 Å². The first-order valence-corrected chi connectivity index (χ1v) is 16.1. The SMILES string of the molecule is CCOc1cc(C(=O)NCc2nnc(SCC(=O)Nc3cc(C(F)(F)F)ccc3Cl)n2-c2ccccc2OC)cc(OCC)c1OCC. The Morgan fingerprint density at radius 2 is 1.58 bits per heavy atom. The van der Waals surface area contributed by atoms with Gasteiger partial charge in [0, 0.05) is 5.56 Å². The van der Waals surface area contributed by atoms with Crippen LogP contribution in [-0.2, 0) is 17.5 Å². The van der Waals surface area contributed by atoms with Gasteiger partial charge in [0.05, 0.1) is 61.2 Å². The summed E-state index contributed by atoms with van der Waals surface area (Å²) in [6.45, 7) is 6.41. The van der Waals surface area contributed by atoms with E-state index in [0.29, 0.717) is 54.3 Å². The van der Waals surface area contributed by atoms with E-state index in [1.165, 1.54) is 7.11 Å². The second-order valence-electron chi connectivity index (χ2n) is 9.72. The van der Waals surface area contributed by atoms with Crippen LogP contribution in [0, 0.1) is 0 Å². The second kappa shape index (κ2) is 16.5. The number of benzene rings is 3. The number of alkyl halides is 3. The molecule has 2 amide bonds. The molecule has 0 spiro atoms. The average Bonchev–Trinajstić information content (AvgIpc) is 3.47. The maximum absolute atomic E-state index is 13.4. The van der Waals surface area contributed by atoms with Crippen molar-refractivity contribution in [3.63, 3.8) is 0 Å². The molecule has 4 aromatic rings. The molecule has 48 heavy (non-hydrogen) atoms. The van der Waals surface area contributed by atoms with E-state index in [1.54, 1.807) is 41.0 Å². The Hall–Kier alpha value is -4.63. The Morgan fingerprint density at radius 1 is 0.917 bits per heavy atom. The van der Waals surface area contributed by atoms with E-state index in [1.807, 2.05) is 20.8 Å². The molecule has 0 atom stereocenters. The molecule has 0 saturated heterocycles.